The van der Waals surface area contributed by atoms with E-state index in [9.17, 15) is 19.5 Å². The molecule has 1 aromatic carbocycles. The Morgan fingerprint density at radius 3 is 2.38 bits per heavy atom. The molecule has 0 saturated heterocycles. The molecule has 0 saturated carbocycles. The zero-order valence-corrected chi connectivity index (χ0v) is 16.0. The van der Waals surface area contributed by atoms with E-state index in [2.05, 4.69) is 5.32 Å². The lowest BCUT2D eigenvalue weighted by atomic mass is 9.86. The first-order valence-electron chi connectivity index (χ1n) is 8.53. The first-order valence-corrected chi connectivity index (χ1v) is 8.53. The number of hydrogen-bond acceptors (Lipinski definition) is 4. The molecule has 26 heavy (non-hydrogen) atoms. The van der Waals surface area contributed by atoms with Gasteiger partial charge in [-0.25, -0.2) is 4.79 Å². The van der Waals surface area contributed by atoms with Crippen LogP contribution in [0.1, 0.15) is 40.2 Å². The molecule has 0 aliphatic heterocycles. The Hall–Kier alpha value is -2.57. The molecular weight excluding hydrogens is 336 g/mol. The first-order chi connectivity index (χ1) is 12.0. The third-order valence-corrected chi connectivity index (χ3v) is 3.92. The number of carboxylic acid groups (broad SMARTS) is 1. The summed E-state index contributed by atoms with van der Waals surface area (Å²) in [7, 11) is 0. The SMILES string of the molecule is CC(=O)NCCN(C(=O)COc1ccccc1C(C)(C)C)C(C)C(=O)O. The van der Waals surface area contributed by atoms with Crippen molar-refractivity contribution in [1.29, 1.82) is 0 Å². The van der Waals surface area contributed by atoms with Crippen molar-refractivity contribution in [2.24, 2.45) is 0 Å². The van der Waals surface area contributed by atoms with Gasteiger partial charge in [0.15, 0.2) is 6.61 Å². The number of nitrogens with one attached hydrogen (secondary N) is 1. The Morgan fingerprint density at radius 2 is 1.85 bits per heavy atom. The van der Waals surface area contributed by atoms with E-state index >= 15 is 0 Å². The molecule has 1 aromatic rings. The second kappa shape index (κ2) is 9.22. The highest BCUT2D eigenvalue weighted by molar-refractivity contribution is 5.84. The van der Waals surface area contributed by atoms with Gasteiger partial charge in [0.25, 0.3) is 5.91 Å². The number of amides is 2. The minimum absolute atomic E-state index is 0.0934. The fraction of sp³-hybridized carbons (Fsp3) is 0.526. The summed E-state index contributed by atoms with van der Waals surface area (Å²) in [5.41, 5.74) is 0.808. The Labute approximate surface area is 154 Å². The van der Waals surface area contributed by atoms with Crippen molar-refractivity contribution >= 4 is 17.8 Å². The molecule has 0 aromatic heterocycles. The smallest absolute Gasteiger partial charge is 0.326 e. The van der Waals surface area contributed by atoms with Crippen LogP contribution in [-0.4, -0.2) is 53.5 Å². The highest BCUT2D eigenvalue weighted by atomic mass is 16.5. The van der Waals surface area contributed by atoms with Crippen LogP contribution < -0.4 is 10.1 Å². The molecule has 2 amide bonds. The van der Waals surface area contributed by atoms with Crippen molar-refractivity contribution in [3.05, 3.63) is 29.8 Å². The van der Waals surface area contributed by atoms with Crippen LogP contribution >= 0.6 is 0 Å². The molecule has 0 spiro atoms. The van der Waals surface area contributed by atoms with E-state index in [-0.39, 0.29) is 31.0 Å². The van der Waals surface area contributed by atoms with Crippen LogP contribution in [0.25, 0.3) is 0 Å². The predicted octanol–water partition coefficient (Wildman–Crippen LogP) is 1.80. The average molecular weight is 364 g/mol. The molecule has 0 aliphatic rings. The molecule has 7 heteroatoms. The maximum Gasteiger partial charge on any atom is 0.326 e. The largest absolute Gasteiger partial charge is 0.483 e. The van der Waals surface area contributed by atoms with Gasteiger partial charge in [0.2, 0.25) is 5.91 Å². The monoisotopic (exact) mass is 364 g/mol. The Kier molecular flexibility index (Phi) is 7.61. The molecule has 0 aliphatic carbocycles. The fourth-order valence-corrected chi connectivity index (χ4v) is 2.45. The first kappa shape index (κ1) is 21.5. The van der Waals surface area contributed by atoms with Crippen molar-refractivity contribution in [2.75, 3.05) is 19.7 Å². The van der Waals surface area contributed by atoms with Crippen LogP contribution in [0, 0.1) is 0 Å². The lowest BCUT2D eigenvalue weighted by molar-refractivity contribution is -0.150. The Balaban J connectivity index is 2.84. The molecule has 1 rings (SSSR count). The lowest BCUT2D eigenvalue weighted by Crippen LogP contribution is -2.48. The van der Waals surface area contributed by atoms with E-state index in [0.717, 1.165) is 5.56 Å². The fourth-order valence-electron chi connectivity index (χ4n) is 2.45. The van der Waals surface area contributed by atoms with Gasteiger partial charge in [-0.1, -0.05) is 39.0 Å². The summed E-state index contributed by atoms with van der Waals surface area (Å²) in [6, 6.07) is 6.44. The number of benzene rings is 1. The van der Waals surface area contributed by atoms with Crippen LogP contribution in [-0.2, 0) is 19.8 Å². The van der Waals surface area contributed by atoms with Gasteiger partial charge in [0, 0.05) is 20.0 Å². The summed E-state index contributed by atoms with van der Waals surface area (Å²) < 4.78 is 5.69. The van der Waals surface area contributed by atoms with Gasteiger partial charge in [-0.2, -0.15) is 0 Å². The maximum absolute atomic E-state index is 12.5. The van der Waals surface area contributed by atoms with Gasteiger partial charge in [-0.15, -0.1) is 0 Å². The maximum atomic E-state index is 12.5. The van der Waals surface area contributed by atoms with Gasteiger partial charge < -0.3 is 20.1 Å². The zero-order chi connectivity index (χ0) is 19.9. The summed E-state index contributed by atoms with van der Waals surface area (Å²) in [6.45, 7) is 8.92. The van der Waals surface area contributed by atoms with E-state index in [1.165, 1.54) is 18.7 Å². The lowest BCUT2D eigenvalue weighted by Gasteiger charge is -2.27. The van der Waals surface area contributed by atoms with Gasteiger partial charge >= 0.3 is 5.97 Å². The third kappa shape index (κ3) is 6.38. The third-order valence-electron chi connectivity index (χ3n) is 3.92. The molecule has 0 radical (unpaired) electrons. The summed E-state index contributed by atoms with van der Waals surface area (Å²) in [4.78, 5) is 36.0. The number of aliphatic carboxylic acids is 1. The molecule has 0 bridgehead atoms. The Morgan fingerprint density at radius 1 is 1.23 bits per heavy atom. The molecule has 0 fully saturated rings. The van der Waals surface area contributed by atoms with E-state index in [1.807, 2.05) is 39.0 Å². The van der Waals surface area contributed by atoms with E-state index in [0.29, 0.717) is 5.75 Å². The van der Waals surface area contributed by atoms with Crippen molar-refractivity contribution < 1.29 is 24.2 Å². The quantitative estimate of drug-likeness (QED) is 0.733. The number of hydrogen-bond donors (Lipinski definition) is 2. The highest BCUT2D eigenvalue weighted by Gasteiger charge is 2.26. The summed E-state index contributed by atoms with van der Waals surface area (Å²) in [5.74, 6) is -1.21. The highest BCUT2D eigenvalue weighted by Crippen LogP contribution is 2.30. The van der Waals surface area contributed by atoms with Crippen molar-refractivity contribution in [2.45, 2.75) is 46.1 Å². The number of carbonyl (C=O) groups excluding carboxylic acids is 2. The van der Waals surface area contributed by atoms with Crippen LogP contribution in [0.2, 0.25) is 0 Å². The number of ether oxygens (including phenoxy) is 1. The Bertz CT molecular complexity index is 652. The van der Waals surface area contributed by atoms with Crippen molar-refractivity contribution in [3.63, 3.8) is 0 Å². The van der Waals surface area contributed by atoms with Gasteiger partial charge in [0.1, 0.15) is 11.8 Å². The van der Waals surface area contributed by atoms with E-state index in [1.54, 1.807) is 6.07 Å². The number of rotatable bonds is 8. The standard InChI is InChI=1S/C19H28N2O5/c1-13(18(24)25)21(11-10-20-14(2)22)17(23)12-26-16-9-7-6-8-15(16)19(3,4)5/h6-9,13H,10-12H2,1-5H3,(H,20,22)(H,24,25). The molecular formula is C19H28N2O5. The minimum atomic E-state index is -1.11. The van der Waals surface area contributed by atoms with Gasteiger partial charge in [0.05, 0.1) is 0 Å². The van der Waals surface area contributed by atoms with Crippen molar-refractivity contribution in [3.8, 4) is 5.75 Å². The summed E-state index contributed by atoms with van der Waals surface area (Å²) in [6.07, 6.45) is 0. The van der Waals surface area contributed by atoms with Gasteiger partial charge in [-0.05, 0) is 24.0 Å². The molecule has 1 unspecified atom stereocenters. The summed E-state index contributed by atoms with van der Waals surface area (Å²) >= 11 is 0. The molecule has 2 N–H and O–H groups in total. The zero-order valence-electron chi connectivity index (χ0n) is 16.0. The summed E-state index contributed by atoms with van der Waals surface area (Å²) in [5, 5.41) is 11.8. The van der Waals surface area contributed by atoms with E-state index < -0.39 is 17.9 Å². The number of nitrogens with zero attached hydrogens (tertiary/aromatic N) is 1. The molecule has 1 atom stereocenters. The van der Waals surface area contributed by atoms with Crippen LogP contribution in [0.15, 0.2) is 24.3 Å². The molecule has 0 heterocycles. The number of carbonyl (C=O) groups is 3. The van der Waals surface area contributed by atoms with Crippen LogP contribution in [0.4, 0.5) is 0 Å². The second-order valence-electron chi connectivity index (χ2n) is 7.12. The van der Waals surface area contributed by atoms with Crippen LogP contribution in [0.5, 0.6) is 5.75 Å². The predicted molar refractivity (Wildman–Crippen MR) is 98.1 cm³/mol. The molecule has 7 nitrogen and oxygen atoms in total. The van der Waals surface area contributed by atoms with Gasteiger partial charge in [-0.3, -0.25) is 9.59 Å². The van der Waals surface area contributed by atoms with Crippen molar-refractivity contribution in [1.82, 2.24) is 10.2 Å². The number of para-hydroxylation sites is 1. The van der Waals surface area contributed by atoms with E-state index in [4.69, 9.17) is 4.74 Å². The normalized spacial score (nSPS) is 12.2. The van der Waals surface area contributed by atoms with Crippen LogP contribution in [0.3, 0.4) is 0 Å². The topological polar surface area (TPSA) is 95.9 Å². The second-order valence-corrected chi connectivity index (χ2v) is 7.12. The average Bonchev–Trinajstić information content (AvgIpc) is 2.55. The minimum Gasteiger partial charge on any atom is -0.483 e. The number of carboxylic acids is 1. The molecule has 144 valence electrons.